The van der Waals surface area contributed by atoms with E-state index in [9.17, 15) is 13.6 Å². The number of benzene rings is 2. The van der Waals surface area contributed by atoms with Crippen molar-refractivity contribution in [3.63, 3.8) is 0 Å². The zero-order chi connectivity index (χ0) is 23.4. The lowest BCUT2D eigenvalue weighted by atomic mass is 9.68. The van der Waals surface area contributed by atoms with Gasteiger partial charge in [0, 0.05) is 29.7 Å². The Morgan fingerprint density at radius 3 is 2.59 bits per heavy atom. The molecule has 34 heavy (non-hydrogen) atoms. The average Bonchev–Trinajstić information content (AvgIpc) is 3.17. The van der Waals surface area contributed by atoms with Crippen LogP contribution in [0.3, 0.4) is 0 Å². The highest BCUT2D eigenvalue weighted by atomic mass is 19.1. The molecule has 0 radical (unpaired) electrons. The third kappa shape index (κ3) is 3.24. The van der Waals surface area contributed by atoms with Crippen LogP contribution in [0.5, 0.6) is 0 Å². The van der Waals surface area contributed by atoms with Gasteiger partial charge in [-0.2, -0.15) is 14.9 Å². The smallest absolute Gasteiger partial charge is 0.271 e. The van der Waals surface area contributed by atoms with Crippen LogP contribution >= 0.6 is 0 Å². The standard InChI is InChI=1S/C26H23F2N5O/c1-16-5-2-3-6-21(16)33-22(34)10-9-20(30-33)23-24(18-8-7-17(27)13-19(18)28)31-32-15-26(11-4-12-26)14-29-25(23)32/h2-3,5-10,13,29H,4,11-12,14-15H2,1H3. The van der Waals surface area contributed by atoms with E-state index in [4.69, 9.17) is 5.10 Å². The van der Waals surface area contributed by atoms with Gasteiger partial charge in [-0.25, -0.2) is 13.5 Å². The zero-order valence-corrected chi connectivity index (χ0v) is 18.7. The molecule has 172 valence electrons. The molecule has 0 amide bonds. The summed E-state index contributed by atoms with van der Waals surface area (Å²) in [5.41, 5.74) is 3.11. The molecule has 4 aromatic rings. The molecular weight excluding hydrogens is 436 g/mol. The minimum Gasteiger partial charge on any atom is -0.369 e. The summed E-state index contributed by atoms with van der Waals surface area (Å²) in [5, 5.41) is 12.9. The fourth-order valence-electron chi connectivity index (χ4n) is 5.04. The van der Waals surface area contributed by atoms with Crippen LogP contribution in [0, 0.1) is 24.0 Å². The molecule has 1 fully saturated rings. The number of para-hydroxylation sites is 1. The van der Waals surface area contributed by atoms with Crippen molar-refractivity contribution in [1.29, 1.82) is 0 Å². The number of aryl methyl sites for hydroxylation is 1. The van der Waals surface area contributed by atoms with E-state index in [2.05, 4.69) is 10.4 Å². The number of fused-ring (bicyclic) bond motifs is 1. The maximum absolute atomic E-state index is 14.9. The summed E-state index contributed by atoms with van der Waals surface area (Å²) in [6.45, 7) is 3.44. The lowest BCUT2D eigenvalue weighted by Crippen LogP contribution is -2.44. The van der Waals surface area contributed by atoms with E-state index in [1.807, 2.05) is 35.9 Å². The van der Waals surface area contributed by atoms with Gasteiger partial charge in [-0.15, -0.1) is 0 Å². The van der Waals surface area contributed by atoms with E-state index in [0.717, 1.165) is 43.4 Å². The summed E-state index contributed by atoms with van der Waals surface area (Å²) in [4.78, 5) is 12.7. The predicted octanol–water partition coefficient (Wildman–Crippen LogP) is 4.95. The molecule has 6 nitrogen and oxygen atoms in total. The molecule has 0 saturated heterocycles. The maximum atomic E-state index is 14.9. The van der Waals surface area contributed by atoms with E-state index < -0.39 is 11.6 Å². The Morgan fingerprint density at radius 1 is 1.03 bits per heavy atom. The maximum Gasteiger partial charge on any atom is 0.271 e. The van der Waals surface area contributed by atoms with Crippen molar-refractivity contribution in [2.24, 2.45) is 5.41 Å². The Labute approximate surface area is 194 Å². The minimum absolute atomic E-state index is 0.155. The highest BCUT2D eigenvalue weighted by molar-refractivity contribution is 5.88. The van der Waals surface area contributed by atoms with Crippen molar-refractivity contribution in [3.05, 3.63) is 82.1 Å². The second kappa shape index (κ2) is 7.62. The number of nitrogens with zero attached hydrogens (tertiary/aromatic N) is 4. The number of anilines is 1. The molecule has 1 aliphatic heterocycles. The lowest BCUT2D eigenvalue weighted by Gasteiger charge is -2.45. The molecule has 0 unspecified atom stereocenters. The van der Waals surface area contributed by atoms with Gasteiger partial charge < -0.3 is 5.32 Å². The van der Waals surface area contributed by atoms with Crippen LogP contribution in [-0.4, -0.2) is 26.1 Å². The molecule has 3 heterocycles. The molecule has 2 aromatic heterocycles. The Hall–Kier alpha value is -3.81. The van der Waals surface area contributed by atoms with Crippen molar-refractivity contribution in [2.45, 2.75) is 32.7 Å². The number of aromatic nitrogens is 4. The van der Waals surface area contributed by atoms with E-state index in [1.54, 1.807) is 6.07 Å². The van der Waals surface area contributed by atoms with Gasteiger partial charge in [-0.05, 0) is 49.6 Å². The molecule has 1 spiro atoms. The monoisotopic (exact) mass is 459 g/mol. The van der Waals surface area contributed by atoms with Gasteiger partial charge in [-0.1, -0.05) is 24.6 Å². The van der Waals surface area contributed by atoms with Crippen molar-refractivity contribution in [3.8, 4) is 28.2 Å². The van der Waals surface area contributed by atoms with E-state index >= 15 is 0 Å². The summed E-state index contributed by atoms with van der Waals surface area (Å²) in [5.74, 6) is -0.606. The third-order valence-electron chi connectivity index (χ3n) is 7.07. The SMILES string of the molecule is Cc1ccccc1-n1nc(-c2c(-c3ccc(F)cc3F)nn3c2NCC2(CCC2)C3)ccc1=O. The quantitative estimate of drug-likeness (QED) is 0.471. The molecular formula is C26H23F2N5O. The van der Waals surface area contributed by atoms with Crippen LogP contribution < -0.4 is 10.9 Å². The molecule has 1 N–H and O–H groups in total. The van der Waals surface area contributed by atoms with Crippen LogP contribution in [0.4, 0.5) is 14.6 Å². The van der Waals surface area contributed by atoms with Gasteiger partial charge in [0.1, 0.15) is 23.1 Å². The second-order valence-corrected chi connectivity index (χ2v) is 9.32. The summed E-state index contributed by atoms with van der Waals surface area (Å²) < 4.78 is 31.8. The molecule has 0 bridgehead atoms. The summed E-state index contributed by atoms with van der Waals surface area (Å²) in [6, 6.07) is 14.1. The molecule has 1 saturated carbocycles. The molecule has 2 aromatic carbocycles. The first-order chi connectivity index (χ1) is 16.4. The first-order valence-electron chi connectivity index (χ1n) is 11.4. The zero-order valence-electron chi connectivity index (χ0n) is 18.7. The van der Waals surface area contributed by atoms with Gasteiger partial charge in [0.05, 0.1) is 23.5 Å². The largest absolute Gasteiger partial charge is 0.369 e. The number of rotatable bonds is 3. The summed E-state index contributed by atoms with van der Waals surface area (Å²) in [7, 11) is 0. The lowest BCUT2D eigenvalue weighted by molar-refractivity contribution is 0.109. The fraction of sp³-hybridized carbons (Fsp3) is 0.269. The topological polar surface area (TPSA) is 64.7 Å². The molecule has 2 aliphatic rings. The number of halogens is 2. The fourth-order valence-corrected chi connectivity index (χ4v) is 5.04. The van der Waals surface area contributed by atoms with Crippen LogP contribution in [0.1, 0.15) is 24.8 Å². The Morgan fingerprint density at radius 2 is 1.85 bits per heavy atom. The van der Waals surface area contributed by atoms with Crippen molar-refractivity contribution in [1.82, 2.24) is 19.6 Å². The van der Waals surface area contributed by atoms with E-state index in [1.165, 1.54) is 29.3 Å². The van der Waals surface area contributed by atoms with E-state index in [0.29, 0.717) is 22.6 Å². The van der Waals surface area contributed by atoms with Gasteiger partial charge in [0.2, 0.25) is 0 Å². The van der Waals surface area contributed by atoms with Crippen LogP contribution in [0.15, 0.2) is 59.4 Å². The van der Waals surface area contributed by atoms with Crippen molar-refractivity contribution in [2.75, 3.05) is 11.9 Å². The Bertz CT molecular complexity index is 1490. The van der Waals surface area contributed by atoms with Crippen LogP contribution in [0.25, 0.3) is 28.2 Å². The third-order valence-corrected chi connectivity index (χ3v) is 7.07. The van der Waals surface area contributed by atoms with Crippen molar-refractivity contribution < 1.29 is 8.78 Å². The number of nitrogens with one attached hydrogen (secondary N) is 1. The number of hydrogen-bond acceptors (Lipinski definition) is 4. The first kappa shape index (κ1) is 20.8. The van der Waals surface area contributed by atoms with Gasteiger partial charge in [-0.3, -0.25) is 4.79 Å². The second-order valence-electron chi connectivity index (χ2n) is 9.32. The summed E-state index contributed by atoms with van der Waals surface area (Å²) >= 11 is 0. The molecule has 0 atom stereocenters. The van der Waals surface area contributed by atoms with E-state index in [-0.39, 0.29) is 16.5 Å². The van der Waals surface area contributed by atoms with Crippen LogP contribution in [0.2, 0.25) is 0 Å². The number of hydrogen-bond donors (Lipinski definition) is 1. The summed E-state index contributed by atoms with van der Waals surface area (Å²) in [6.07, 6.45) is 3.42. The normalized spacial score (nSPS) is 16.1. The highest BCUT2D eigenvalue weighted by Gasteiger charge is 2.42. The molecule has 1 aliphatic carbocycles. The first-order valence-corrected chi connectivity index (χ1v) is 11.4. The molecule has 6 rings (SSSR count). The Kier molecular flexibility index (Phi) is 4.65. The highest BCUT2D eigenvalue weighted by Crippen LogP contribution is 2.48. The van der Waals surface area contributed by atoms with Gasteiger partial charge >= 0.3 is 0 Å². The average molecular weight is 460 g/mol. The predicted molar refractivity (Wildman–Crippen MR) is 126 cm³/mol. The van der Waals surface area contributed by atoms with Crippen molar-refractivity contribution >= 4 is 5.82 Å². The molecule has 8 heteroatoms. The van der Waals surface area contributed by atoms with Gasteiger partial charge in [0.15, 0.2) is 0 Å². The Balaban J connectivity index is 1.57. The van der Waals surface area contributed by atoms with Crippen LogP contribution in [-0.2, 0) is 6.54 Å². The minimum atomic E-state index is -0.692. The van der Waals surface area contributed by atoms with Gasteiger partial charge in [0.25, 0.3) is 5.56 Å².